The van der Waals surface area contributed by atoms with Crippen molar-refractivity contribution in [2.75, 3.05) is 6.54 Å². The minimum Gasteiger partial charge on any atom is -0.363 e. The maximum absolute atomic E-state index is 14.0. The van der Waals surface area contributed by atoms with E-state index in [1.165, 1.54) is 6.42 Å². The lowest BCUT2D eigenvalue weighted by molar-refractivity contribution is -0.145. The first-order valence-corrected chi connectivity index (χ1v) is 14.2. The van der Waals surface area contributed by atoms with Gasteiger partial charge in [-0.15, -0.1) is 0 Å². The lowest BCUT2D eigenvalue weighted by Crippen LogP contribution is -2.61. The minimum atomic E-state index is -1.07. The van der Waals surface area contributed by atoms with Crippen LogP contribution in [0, 0.1) is 28.6 Å². The van der Waals surface area contributed by atoms with Gasteiger partial charge in [0.25, 0.3) is 5.91 Å². The maximum Gasteiger partial charge on any atom is 0.315 e. The standard InChI is InChI=1S/C28H45N5O5/c1-27(2,3)22(32-26(38)30-16-9-7-6-8-10-16)25(37)33-14-17-19(28(17,4)5)20(33)24(36)31-18(13-15-11-12-15)21(34)23(29)35/h15-20,22H,6-14H2,1-5H3,(H2,29,35)(H,31,36)(H2,30,32,38). The van der Waals surface area contributed by atoms with E-state index in [1.807, 2.05) is 20.8 Å². The number of carbonyl (C=O) groups excluding carboxylic acids is 5. The molecule has 5 unspecified atom stereocenters. The normalized spacial score (nSPS) is 28.0. The number of rotatable bonds is 9. The number of nitrogens with one attached hydrogen (secondary N) is 3. The topological polar surface area (TPSA) is 151 Å². The van der Waals surface area contributed by atoms with Gasteiger partial charge in [-0.1, -0.05) is 66.7 Å². The SMILES string of the molecule is CC(C)(C)C(NC(=O)NC1CCCCC1)C(=O)N1CC2C(C1C(=O)NC(CC1CC1)C(=O)C(N)=O)C2(C)C. The van der Waals surface area contributed by atoms with Crippen molar-refractivity contribution in [2.45, 2.75) is 110 Å². The quantitative estimate of drug-likeness (QED) is 0.335. The van der Waals surface area contributed by atoms with Crippen LogP contribution in [0.25, 0.3) is 0 Å². The van der Waals surface area contributed by atoms with Crippen LogP contribution < -0.4 is 21.7 Å². The summed E-state index contributed by atoms with van der Waals surface area (Å²) in [5.74, 6) is -2.24. The van der Waals surface area contributed by atoms with E-state index >= 15 is 0 Å². The summed E-state index contributed by atoms with van der Waals surface area (Å²) in [5.41, 5.74) is 4.55. The molecule has 5 N–H and O–H groups in total. The van der Waals surface area contributed by atoms with E-state index in [0.717, 1.165) is 38.5 Å². The molecular formula is C28H45N5O5. The molecule has 0 bridgehead atoms. The van der Waals surface area contributed by atoms with Crippen LogP contribution in [0.2, 0.25) is 0 Å². The van der Waals surface area contributed by atoms with E-state index in [1.54, 1.807) is 4.90 Å². The fraction of sp³-hybridized carbons (Fsp3) is 0.821. The second kappa shape index (κ2) is 10.5. The van der Waals surface area contributed by atoms with E-state index in [-0.39, 0.29) is 41.1 Å². The zero-order valence-electron chi connectivity index (χ0n) is 23.5. The van der Waals surface area contributed by atoms with Crippen LogP contribution in [0.15, 0.2) is 0 Å². The van der Waals surface area contributed by atoms with Crippen molar-refractivity contribution in [3.63, 3.8) is 0 Å². The number of nitrogens with two attached hydrogens (primary N) is 1. The van der Waals surface area contributed by atoms with Crippen LogP contribution in [0.1, 0.15) is 86.0 Å². The van der Waals surface area contributed by atoms with Crippen LogP contribution in [0.3, 0.4) is 0 Å². The zero-order valence-corrected chi connectivity index (χ0v) is 23.5. The predicted molar refractivity (Wildman–Crippen MR) is 142 cm³/mol. The molecule has 0 aromatic heterocycles. The molecule has 38 heavy (non-hydrogen) atoms. The fourth-order valence-electron chi connectivity index (χ4n) is 6.58. The van der Waals surface area contributed by atoms with Crippen molar-refractivity contribution >= 4 is 29.5 Å². The molecule has 1 aliphatic heterocycles. The third-order valence-corrected chi connectivity index (χ3v) is 9.23. The van der Waals surface area contributed by atoms with Crippen molar-refractivity contribution in [1.29, 1.82) is 0 Å². The number of piperidine rings is 1. The molecule has 3 saturated carbocycles. The molecule has 1 saturated heterocycles. The van der Waals surface area contributed by atoms with Gasteiger partial charge in [0.2, 0.25) is 17.6 Å². The van der Waals surface area contributed by atoms with Crippen LogP contribution in [-0.2, 0) is 19.2 Å². The second-order valence-electron chi connectivity index (χ2n) is 13.6. The van der Waals surface area contributed by atoms with Crippen LogP contribution in [-0.4, -0.2) is 65.1 Å². The molecule has 0 aromatic rings. The van der Waals surface area contributed by atoms with Gasteiger partial charge >= 0.3 is 6.03 Å². The Morgan fingerprint density at radius 1 is 0.974 bits per heavy atom. The van der Waals surface area contributed by atoms with Crippen molar-refractivity contribution in [1.82, 2.24) is 20.9 Å². The summed E-state index contributed by atoms with van der Waals surface area (Å²) < 4.78 is 0. The molecule has 4 fully saturated rings. The van der Waals surface area contributed by atoms with E-state index in [4.69, 9.17) is 5.73 Å². The van der Waals surface area contributed by atoms with Gasteiger partial charge < -0.3 is 26.6 Å². The fourth-order valence-corrected chi connectivity index (χ4v) is 6.58. The van der Waals surface area contributed by atoms with Crippen molar-refractivity contribution in [2.24, 2.45) is 34.3 Å². The van der Waals surface area contributed by atoms with Crippen molar-refractivity contribution in [3.05, 3.63) is 0 Å². The molecule has 212 valence electrons. The number of carbonyl (C=O) groups is 5. The van der Waals surface area contributed by atoms with Gasteiger partial charge in [-0.05, 0) is 47.8 Å². The Balaban J connectivity index is 1.50. The summed E-state index contributed by atoms with van der Waals surface area (Å²) in [6.07, 6.45) is 7.47. The summed E-state index contributed by atoms with van der Waals surface area (Å²) in [4.78, 5) is 66.3. The number of hydrogen-bond acceptors (Lipinski definition) is 5. The van der Waals surface area contributed by atoms with E-state index in [9.17, 15) is 24.0 Å². The van der Waals surface area contributed by atoms with Crippen LogP contribution >= 0.6 is 0 Å². The van der Waals surface area contributed by atoms with Gasteiger partial charge in [0.1, 0.15) is 12.1 Å². The van der Waals surface area contributed by atoms with Gasteiger partial charge in [-0.2, -0.15) is 0 Å². The lowest BCUT2D eigenvalue weighted by Gasteiger charge is -2.38. The number of likely N-dealkylation sites (tertiary alicyclic amines) is 1. The Morgan fingerprint density at radius 2 is 1.61 bits per heavy atom. The van der Waals surface area contributed by atoms with Gasteiger partial charge in [0.05, 0.1) is 6.04 Å². The maximum atomic E-state index is 14.0. The average Bonchev–Trinajstić information content (AvgIpc) is 3.68. The van der Waals surface area contributed by atoms with E-state index in [2.05, 4.69) is 29.8 Å². The second-order valence-corrected chi connectivity index (χ2v) is 13.6. The molecule has 4 aliphatic rings. The van der Waals surface area contributed by atoms with Crippen molar-refractivity contribution < 1.29 is 24.0 Å². The van der Waals surface area contributed by atoms with E-state index < -0.39 is 41.1 Å². The monoisotopic (exact) mass is 531 g/mol. The molecule has 0 spiro atoms. The molecule has 4 rings (SSSR count). The van der Waals surface area contributed by atoms with Gasteiger partial charge in [-0.25, -0.2) is 4.79 Å². The van der Waals surface area contributed by atoms with Gasteiger partial charge in [-0.3, -0.25) is 19.2 Å². The van der Waals surface area contributed by atoms with Crippen LogP contribution in [0.5, 0.6) is 0 Å². The number of nitrogens with zero attached hydrogens (tertiary/aromatic N) is 1. The molecule has 5 amide bonds. The Hall–Kier alpha value is -2.65. The van der Waals surface area contributed by atoms with Crippen LogP contribution in [0.4, 0.5) is 4.79 Å². The molecule has 3 aliphatic carbocycles. The number of primary amides is 1. The highest BCUT2D eigenvalue weighted by atomic mass is 16.2. The first kappa shape index (κ1) is 28.4. The van der Waals surface area contributed by atoms with Crippen molar-refractivity contribution in [3.8, 4) is 0 Å². The summed E-state index contributed by atoms with van der Waals surface area (Å²) in [6.45, 7) is 10.2. The first-order chi connectivity index (χ1) is 17.7. The zero-order chi connectivity index (χ0) is 28.0. The number of amides is 5. The van der Waals surface area contributed by atoms with Gasteiger partial charge in [0, 0.05) is 12.6 Å². The third kappa shape index (κ3) is 5.99. The number of Topliss-reactive ketones (excluding diaryl/α,β-unsaturated/α-hetero) is 1. The molecular weight excluding hydrogens is 486 g/mol. The van der Waals surface area contributed by atoms with Gasteiger partial charge in [0.15, 0.2) is 0 Å². The Morgan fingerprint density at radius 3 is 2.16 bits per heavy atom. The summed E-state index contributed by atoms with van der Waals surface area (Å²) >= 11 is 0. The predicted octanol–water partition coefficient (Wildman–Crippen LogP) is 1.86. The number of ketones is 1. The molecule has 1 heterocycles. The number of fused-ring (bicyclic) bond motifs is 1. The third-order valence-electron chi connectivity index (χ3n) is 9.23. The summed E-state index contributed by atoms with van der Waals surface area (Å²) in [6, 6.07) is -2.87. The average molecular weight is 532 g/mol. The Kier molecular flexibility index (Phi) is 7.83. The Labute approximate surface area is 225 Å². The number of hydrogen-bond donors (Lipinski definition) is 4. The largest absolute Gasteiger partial charge is 0.363 e. The molecule has 0 aromatic carbocycles. The molecule has 5 atom stereocenters. The molecule has 0 radical (unpaired) electrons. The summed E-state index contributed by atoms with van der Waals surface area (Å²) in [5, 5.41) is 8.72. The smallest absolute Gasteiger partial charge is 0.315 e. The molecule has 10 nitrogen and oxygen atoms in total. The highest BCUT2D eigenvalue weighted by Gasteiger charge is 2.70. The lowest BCUT2D eigenvalue weighted by atomic mass is 9.85. The molecule has 10 heteroatoms. The minimum absolute atomic E-state index is 0.0617. The first-order valence-electron chi connectivity index (χ1n) is 14.2. The Bertz CT molecular complexity index is 979. The summed E-state index contributed by atoms with van der Waals surface area (Å²) in [7, 11) is 0. The van der Waals surface area contributed by atoms with E-state index in [0.29, 0.717) is 13.0 Å². The highest BCUT2D eigenvalue weighted by Crippen LogP contribution is 2.65. The number of urea groups is 1. The highest BCUT2D eigenvalue weighted by molar-refractivity contribution is 6.37.